The lowest BCUT2D eigenvalue weighted by atomic mass is 10.1. The van der Waals surface area contributed by atoms with Gasteiger partial charge in [0, 0.05) is 35.0 Å². The van der Waals surface area contributed by atoms with E-state index in [1.165, 1.54) is 5.56 Å². The van der Waals surface area contributed by atoms with Gasteiger partial charge in [0.2, 0.25) is 0 Å². The van der Waals surface area contributed by atoms with Crippen molar-refractivity contribution in [2.45, 2.75) is 60.8 Å². The highest BCUT2D eigenvalue weighted by Gasteiger charge is 2.04. The molecule has 0 aliphatic carbocycles. The molecule has 4 nitrogen and oxygen atoms in total. The predicted octanol–water partition coefficient (Wildman–Crippen LogP) is 9.42. The van der Waals surface area contributed by atoms with Crippen molar-refractivity contribution < 1.29 is 9.90 Å². The van der Waals surface area contributed by atoms with Gasteiger partial charge in [0.1, 0.15) is 0 Å². The van der Waals surface area contributed by atoms with Gasteiger partial charge >= 0.3 is 0 Å². The summed E-state index contributed by atoms with van der Waals surface area (Å²) in [6.07, 6.45) is 11.6. The number of aliphatic hydroxyl groups is 1. The van der Waals surface area contributed by atoms with Crippen LogP contribution < -0.4 is 5.32 Å². The van der Waals surface area contributed by atoms with E-state index in [4.69, 9.17) is 28.3 Å². The van der Waals surface area contributed by atoms with Crippen molar-refractivity contribution in [2.24, 2.45) is 4.99 Å². The minimum absolute atomic E-state index is 0.215. The second kappa shape index (κ2) is 26.0. The molecule has 0 atom stereocenters. The van der Waals surface area contributed by atoms with Crippen LogP contribution in [0.2, 0.25) is 0 Å². The van der Waals surface area contributed by atoms with Crippen LogP contribution in [-0.2, 0) is 4.79 Å². The number of nitrogens with zero attached hydrogens (tertiary/aromatic N) is 1. The van der Waals surface area contributed by atoms with E-state index in [2.05, 4.69) is 42.5 Å². The van der Waals surface area contributed by atoms with E-state index in [1.807, 2.05) is 71.2 Å². The number of aryl methyl sites for hydroxylation is 1. The van der Waals surface area contributed by atoms with Crippen LogP contribution in [0.4, 0.5) is 5.69 Å². The minimum atomic E-state index is 0.215. The summed E-state index contributed by atoms with van der Waals surface area (Å²) in [4.78, 5) is 15.1. The SMILES string of the molecule is C/C=C(Cl)\C(C/C=C(\C)N=C(Nc1ccc(C)cc1)SC)=C(/C)Cl.C=C.CC/C=C/C(=O)CC.CO. The molecule has 0 unspecified atom stereocenters. The molecule has 0 saturated carbocycles. The summed E-state index contributed by atoms with van der Waals surface area (Å²) >= 11 is 13.9. The molecule has 0 radical (unpaired) electrons. The number of ketones is 1. The van der Waals surface area contributed by atoms with Crippen LogP contribution >= 0.6 is 35.0 Å². The van der Waals surface area contributed by atoms with Gasteiger partial charge in [-0.25, -0.2) is 4.99 Å². The zero-order valence-corrected chi connectivity index (χ0v) is 25.4. The first-order valence-corrected chi connectivity index (χ1v) is 13.6. The Labute approximate surface area is 234 Å². The summed E-state index contributed by atoms with van der Waals surface area (Å²) in [7, 11) is 1.00. The number of anilines is 1. The second-order valence-corrected chi connectivity index (χ2v) is 8.71. The number of benzene rings is 1. The molecule has 0 aliphatic rings. The molecular weight excluding hydrogens is 511 g/mol. The van der Waals surface area contributed by atoms with Gasteiger partial charge < -0.3 is 10.4 Å². The molecule has 1 rings (SSSR count). The van der Waals surface area contributed by atoms with Gasteiger partial charge in [0.25, 0.3) is 0 Å². The van der Waals surface area contributed by atoms with E-state index >= 15 is 0 Å². The minimum Gasteiger partial charge on any atom is -0.400 e. The molecule has 2 N–H and O–H groups in total. The van der Waals surface area contributed by atoms with E-state index < -0.39 is 0 Å². The lowest BCUT2D eigenvalue weighted by molar-refractivity contribution is -0.114. The summed E-state index contributed by atoms with van der Waals surface area (Å²) in [6, 6.07) is 8.23. The molecule has 0 fully saturated rings. The number of thioether (sulfide) groups is 1. The third-order valence-electron chi connectivity index (χ3n) is 4.22. The monoisotopic (exact) mass is 554 g/mol. The lowest BCUT2D eigenvalue weighted by Crippen LogP contribution is -2.07. The Morgan fingerprint density at radius 3 is 2.11 bits per heavy atom. The van der Waals surface area contributed by atoms with Crippen molar-refractivity contribution in [3.05, 3.63) is 88.6 Å². The Morgan fingerprint density at radius 1 is 1.14 bits per heavy atom. The number of hydrogen-bond acceptors (Lipinski definition) is 4. The van der Waals surface area contributed by atoms with Crippen LogP contribution in [0.3, 0.4) is 0 Å². The topological polar surface area (TPSA) is 61.7 Å². The highest BCUT2D eigenvalue weighted by atomic mass is 35.5. The number of allylic oxidation sites excluding steroid dienone is 8. The van der Waals surface area contributed by atoms with Crippen LogP contribution in [0.5, 0.6) is 0 Å². The first kappa shape index (κ1) is 38.5. The molecule has 36 heavy (non-hydrogen) atoms. The Bertz CT molecular complexity index is 883. The molecule has 0 aliphatic heterocycles. The van der Waals surface area contributed by atoms with Crippen LogP contribution in [0.15, 0.2) is 88.1 Å². The normalized spacial score (nSPS) is 12.2. The average Bonchev–Trinajstić information content (AvgIpc) is 2.90. The van der Waals surface area contributed by atoms with Crippen LogP contribution in [0, 0.1) is 6.92 Å². The molecule has 0 amide bonds. The maximum atomic E-state index is 10.5. The lowest BCUT2D eigenvalue weighted by Gasteiger charge is -2.09. The van der Waals surface area contributed by atoms with Gasteiger partial charge in [0.05, 0.1) is 0 Å². The summed E-state index contributed by atoms with van der Waals surface area (Å²) in [6.45, 7) is 17.7. The summed E-state index contributed by atoms with van der Waals surface area (Å²) < 4.78 is 0. The van der Waals surface area contributed by atoms with E-state index in [9.17, 15) is 4.79 Å². The van der Waals surface area contributed by atoms with Gasteiger partial charge in [-0.2, -0.15) is 0 Å². The fourth-order valence-corrected chi connectivity index (χ4v) is 3.19. The second-order valence-electron chi connectivity index (χ2n) is 6.94. The molecule has 0 saturated heterocycles. The van der Waals surface area contributed by atoms with E-state index in [1.54, 1.807) is 17.8 Å². The molecule has 7 heteroatoms. The molecular formula is C29H44Cl2N2O2S. The fraction of sp³-hybridized carbons (Fsp3) is 0.379. The standard InChI is InChI=1S/C19H24Cl2N2S.C7H12O.C2H4.CH4O/c1-6-18(21)17(15(4)20)12-9-14(3)22-19(24-5)23-16-10-7-13(2)8-11-16;1-3-5-6-7(8)4-2;2*1-2/h6-11H,12H2,1-5H3,(H,22,23);5-6H,3-4H2,1-2H3;1-2H2;2H,1H3/b14-9+,17-15+,18-6+;6-5+;;. The number of amidine groups is 1. The van der Waals surface area contributed by atoms with Gasteiger partial charge in [0.15, 0.2) is 11.0 Å². The number of rotatable bonds is 8. The number of hydrogen-bond donors (Lipinski definition) is 2. The quantitative estimate of drug-likeness (QED) is 0.110. The summed E-state index contributed by atoms with van der Waals surface area (Å²) in [5, 5.41) is 12.6. The van der Waals surface area contributed by atoms with Crippen LogP contribution in [-0.4, -0.2) is 29.4 Å². The van der Waals surface area contributed by atoms with E-state index in [0.717, 1.165) is 35.7 Å². The van der Waals surface area contributed by atoms with Gasteiger partial charge in [-0.3, -0.25) is 4.79 Å². The molecule has 1 aromatic rings. The molecule has 1 aromatic carbocycles. The number of carbonyl (C=O) groups is 1. The molecule has 0 heterocycles. The van der Waals surface area contributed by atoms with Crippen molar-refractivity contribution in [1.29, 1.82) is 0 Å². The average molecular weight is 556 g/mol. The Morgan fingerprint density at radius 2 is 1.69 bits per heavy atom. The highest BCUT2D eigenvalue weighted by molar-refractivity contribution is 8.13. The van der Waals surface area contributed by atoms with Gasteiger partial charge in [-0.05, 0) is 70.6 Å². The van der Waals surface area contributed by atoms with Crippen molar-refractivity contribution in [3.63, 3.8) is 0 Å². The summed E-state index contributed by atoms with van der Waals surface area (Å²) in [5.41, 5.74) is 4.09. The van der Waals surface area contributed by atoms with Crippen molar-refractivity contribution in [2.75, 3.05) is 18.7 Å². The maximum absolute atomic E-state index is 10.5. The van der Waals surface area contributed by atoms with E-state index in [-0.39, 0.29) is 5.78 Å². The maximum Gasteiger partial charge on any atom is 0.165 e. The summed E-state index contributed by atoms with van der Waals surface area (Å²) in [5.74, 6) is 0.215. The molecule has 0 bridgehead atoms. The zero-order chi connectivity index (χ0) is 28.5. The number of aliphatic imine (C=N–C) groups is 1. The number of nitrogens with one attached hydrogen (secondary N) is 1. The van der Waals surface area contributed by atoms with E-state index in [0.29, 0.717) is 22.9 Å². The predicted molar refractivity (Wildman–Crippen MR) is 166 cm³/mol. The Hall–Kier alpha value is -2.05. The van der Waals surface area contributed by atoms with Crippen LogP contribution in [0.25, 0.3) is 0 Å². The number of halogens is 2. The third-order valence-corrected chi connectivity index (χ3v) is 5.48. The smallest absolute Gasteiger partial charge is 0.165 e. The Balaban J connectivity index is -0.000000762. The van der Waals surface area contributed by atoms with Crippen molar-refractivity contribution in [3.8, 4) is 0 Å². The first-order valence-electron chi connectivity index (χ1n) is 11.6. The number of aliphatic hydroxyl groups excluding tert-OH is 1. The van der Waals surface area contributed by atoms with Crippen LogP contribution in [0.1, 0.15) is 59.4 Å². The molecule has 202 valence electrons. The highest BCUT2D eigenvalue weighted by Crippen LogP contribution is 2.25. The fourth-order valence-electron chi connectivity index (χ4n) is 2.28. The number of carbonyl (C=O) groups excluding carboxylic acids is 1. The molecule has 0 spiro atoms. The Kier molecular flexibility index (Phi) is 27.8. The van der Waals surface area contributed by atoms with Gasteiger partial charge in [-0.15, -0.1) is 13.2 Å². The molecule has 0 aromatic heterocycles. The largest absolute Gasteiger partial charge is 0.400 e. The van der Waals surface area contributed by atoms with Crippen molar-refractivity contribution >= 4 is 51.6 Å². The van der Waals surface area contributed by atoms with Crippen molar-refractivity contribution in [1.82, 2.24) is 0 Å². The zero-order valence-electron chi connectivity index (χ0n) is 23.1. The van der Waals surface area contributed by atoms with Gasteiger partial charge in [-0.1, -0.05) is 84.7 Å². The third kappa shape index (κ3) is 20.2. The first-order chi connectivity index (χ1) is 17.2.